The van der Waals surface area contributed by atoms with Crippen LogP contribution in [0.2, 0.25) is 0 Å². The van der Waals surface area contributed by atoms with Gasteiger partial charge in [0.15, 0.2) is 0 Å². The normalized spacial score (nSPS) is 9.29. The van der Waals surface area contributed by atoms with Crippen molar-refractivity contribution in [3.63, 3.8) is 0 Å². The van der Waals surface area contributed by atoms with Crippen molar-refractivity contribution in [2.45, 2.75) is 25.7 Å². The van der Waals surface area contributed by atoms with Gasteiger partial charge in [-0.15, -0.1) is 0 Å². The van der Waals surface area contributed by atoms with Crippen LogP contribution in [-0.2, 0) is 0 Å². The molecule has 142 valence electrons. The Bertz CT molecular complexity index is 750. The van der Waals surface area contributed by atoms with E-state index in [9.17, 15) is 9.59 Å². The molecule has 0 aliphatic heterocycles. The fourth-order valence-corrected chi connectivity index (χ4v) is 2.52. The largest absolute Gasteiger partial charge is 0.337 e. The Hall–Kier alpha value is -3.88. The summed E-state index contributed by atoms with van der Waals surface area (Å²) >= 11 is 0. The third-order valence-corrected chi connectivity index (χ3v) is 3.90. The van der Waals surface area contributed by atoms with Crippen LogP contribution < -0.4 is 0 Å². The maximum absolute atomic E-state index is 12.7. The molecule has 0 radical (unpaired) electrons. The van der Waals surface area contributed by atoms with E-state index in [-0.39, 0.29) is 74.8 Å². The molecular weight excluding hydrogens is 356 g/mol. The molecule has 1 aromatic carbocycles. The maximum Gasteiger partial charge on any atom is 0.253 e. The van der Waals surface area contributed by atoms with E-state index < -0.39 is 0 Å². The van der Waals surface area contributed by atoms with Gasteiger partial charge in [0.05, 0.1) is 50.0 Å². The summed E-state index contributed by atoms with van der Waals surface area (Å²) in [4.78, 5) is 28.3. The van der Waals surface area contributed by atoms with Gasteiger partial charge in [0.25, 0.3) is 11.8 Å². The molecular formula is C20H20N6O2. The van der Waals surface area contributed by atoms with E-state index in [0.29, 0.717) is 0 Å². The molecule has 2 amide bonds. The van der Waals surface area contributed by atoms with E-state index in [0.717, 1.165) is 0 Å². The van der Waals surface area contributed by atoms with Gasteiger partial charge in [-0.1, -0.05) is 6.07 Å². The Morgan fingerprint density at radius 3 is 1.29 bits per heavy atom. The number of amides is 2. The SMILES string of the molecule is N#CCCN(CCC#N)C(=O)c1cccc(C(=O)N(CCC#N)CCC#N)c1. The number of rotatable bonds is 10. The van der Waals surface area contributed by atoms with Crippen LogP contribution in [0.25, 0.3) is 0 Å². The molecule has 1 rings (SSSR count). The molecule has 0 fully saturated rings. The van der Waals surface area contributed by atoms with E-state index in [1.807, 2.05) is 24.3 Å². The fraction of sp³-hybridized carbons (Fsp3) is 0.400. The van der Waals surface area contributed by atoms with Crippen molar-refractivity contribution in [1.29, 1.82) is 21.0 Å². The van der Waals surface area contributed by atoms with Crippen LogP contribution in [0.1, 0.15) is 46.4 Å². The lowest BCUT2D eigenvalue weighted by Gasteiger charge is -2.22. The van der Waals surface area contributed by atoms with E-state index in [1.165, 1.54) is 15.9 Å². The van der Waals surface area contributed by atoms with Crippen LogP contribution in [0.5, 0.6) is 0 Å². The molecule has 0 aliphatic rings. The van der Waals surface area contributed by atoms with Gasteiger partial charge in [-0.25, -0.2) is 0 Å². The van der Waals surface area contributed by atoms with Crippen molar-refractivity contribution < 1.29 is 9.59 Å². The molecule has 8 heteroatoms. The van der Waals surface area contributed by atoms with E-state index >= 15 is 0 Å². The van der Waals surface area contributed by atoms with E-state index in [4.69, 9.17) is 21.0 Å². The molecule has 1 aromatic rings. The molecule has 28 heavy (non-hydrogen) atoms. The smallest absolute Gasteiger partial charge is 0.253 e. The van der Waals surface area contributed by atoms with Crippen molar-refractivity contribution in [3.05, 3.63) is 35.4 Å². The minimum absolute atomic E-state index is 0.145. The summed E-state index contributed by atoms with van der Waals surface area (Å²) in [7, 11) is 0. The van der Waals surface area contributed by atoms with Crippen molar-refractivity contribution in [1.82, 2.24) is 9.80 Å². The van der Waals surface area contributed by atoms with E-state index in [1.54, 1.807) is 18.2 Å². The first-order valence-electron chi connectivity index (χ1n) is 8.75. The van der Waals surface area contributed by atoms with Gasteiger partial charge in [-0.2, -0.15) is 21.0 Å². The van der Waals surface area contributed by atoms with Crippen molar-refractivity contribution in [3.8, 4) is 24.3 Å². The van der Waals surface area contributed by atoms with Gasteiger partial charge in [0.1, 0.15) is 0 Å². The minimum Gasteiger partial charge on any atom is -0.337 e. The van der Waals surface area contributed by atoms with Crippen LogP contribution in [-0.4, -0.2) is 47.8 Å². The Kier molecular flexibility index (Phi) is 9.87. The second-order valence-corrected chi connectivity index (χ2v) is 5.80. The average Bonchev–Trinajstić information content (AvgIpc) is 2.73. The summed E-state index contributed by atoms with van der Waals surface area (Å²) < 4.78 is 0. The Labute approximate surface area is 164 Å². The molecule has 0 unspecified atom stereocenters. The monoisotopic (exact) mass is 376 g/mol. The Balaban J connectivity index is 3.04. The van der Waals surface area contributed by atoms with Crippen molar-refractivity contribution in [2.24, 2.45) is 0 Å². The number of hydrogen-bond donors (Lipinski definition) is 0. The minimum atomic E-state index is -0.360. The van der Waals surface area contributed by atoms with Gasteiger partial charge < -0.3 is 9.80 Å². The number of carbonyl (C=O) groups is 2. The zero-order valence-corrected chi connectivity index (χ0v) is 15.5. The lowest BCUT2D eigenvalue weighted by atomic mass is 10.1. The standard InChI is InChI=1S/C20H20N6O2/c21-8-2-12-25(13-3-9-22)19(27)17-6-1-7-18(16-17)20(28)26(14-4-10-23)15-5-11-24/h1,6-7,16H,2-5,12-15H2. The summed E-state index contributed by atoms with van der Waals surface area (Å²) in [6, 6.07) is 14.1. The Morgan fingerprint density at radius 2 is 1.00 bits per heavy atom. The first kappa shape index (κ1) is 22.2. The highest BCUT2D eigenvalue weighted by Gasteiger charge is 2.19. The highest BCUT2D eigenvalue weighted by Crippen LogP contribution is 2.13. The summed E-state index contributed by atoms with van der Waals surface area (Å²) in [6.45, 7) is 0.800. The first-order valence-corrected chi connectivity index (χ1v) is 8.75. The molecule has 0 saturated heterocycles. The van der Waals surface area contributed by atoms with Crippen LogP contribution >= 0.6 is 0 Å². The molecule has 0 heterocycles. The van der Waals surface area contributed by atoms with Crippen molar-refractivity contribution in [2.75, 3.05) is 26.2 Å². The topological polar surface area (TPSA) is 136 Å². The number of hydrogen-bond acceptors (Lipinski definition) is 6. The lowest BCUT2D eigenvalue weighted by molar-refractivity contribution is 0.0761. The summed E-state index contributed by atoms with van der Waals surface area (Å²) in [6.07, 6.45) is 0.579. The van der Waals surface area contributed by atoms with Crippen LogP contribution in [0.15, 0.2) is 24.3 Å². The van der Waals surface area contributed by atoms with Gasteiger partial charge in [-0.05, 0) is 18.2 Å². The Morgan fingerprint density at radius 1 is 0.679 bits per heavy atom. The number of nitriles is 4. The second kappa shape index (κ2) is 12.5. The molecule has 0 aliphatic carbocycles. The lowest BCUT2D eigenvalue weighted by Crippen LogP contribution is -2.34. The highest BCUT2D eigenvalue weighted by molar-refractivity contribution is 5.99. The second-order valence-electron chi connectivity index (χ2n) is 5.80. The zero-order valence-electron chi connectivity index (χ0n) is 15.5. The van der Waals surface area contributed by atoms with Gasteiger partial charge in [0.2, 0.25) is 0 Å². The molecule has 0 aromatic heterocycles. The quantitative estimate of drug-likeness (QED) is 0.614. The molecule has 0 atom stereocenters. The highest BCUT2D eigenvalue weighted by atomic mass is 16.2. The third-order valence-electron chi connectivity index (χ3n) is 3.90. The first-order chi connectivity index (χ1) is 13.6. The predicted octanol–water partition coefficient (Wildman–Crippen LogP) is 2.23. The number of benzene rings is 1. The van der Waals surface area contributed by atoms with E-state index in [2.05, 4.69) is 0 Å². The molecule has 0 N–H and O–H groups in total. The summed E-state index contributed by atoms with van der Waals surface area (Å²) in [5.41, 5.74) is 0.560. The van der Waals surface area contributed by atoms with Gasteiger partial charge in [-0.3, -0.25) is 9.59 Å². The number of nitrogens with zero attached hydrogens (tertiary/aromatic N) is 6. The van der Waals surface area contributed by atoms with Crippen LogP contribution in [0.4, 0.5) is 0 Å². The molecule has 0 saturated carbocycles. The van der Waals surface area contributed by atoms with Gasteiger partial charge >= 0.3 is 0 Å². The van der Waals surface area contributed by atoms with Crippen LogP contribution in [0, 0.1) is 45.3 Å². The molecule has 0 bridgehead atoms. The summed E-state index contributed by atoms with van der Waals surface area (Å²) in [5.74, 6) is -0.721. The summed E-state index contributed by atoms with van der Waals surface area (Å²) in [5, 5.41) is 35.1. The molecule has 0 spiro atoms. The predicted molar refractivity (Wildman–Crippen MR) is 99.2 cm³/mol. The van der Waals surface area contributed by atoms with Gasteiger partial charge in [0, 0.05) is 37.3 Å². The maximum atomic E-state index is 12.7. The number of carbonyl (C=O) groups excluding carboxylic acids is 2. The average molecular weight is 376 g/mol. The fourth-order valence-electron chi connectivity index (χ4n) is 2.52. The van der Waals surface area contributed by atoms with Crippen LogP contribution in [0.3, 0.4) is 0 Å². The zero-order chi connectivity index (χ0) is 20.8. The van der Waals surface area contributed by atoms with Crippen molar-refractivity contribution >= 4 is 11.8 Å². The third kappa shape index (κ3) is 6.79. The molecule has 8 nitrogen and oxygen atoms in total.